The van der Waals surface area contributed by atoms with Gasteiger partial charge in [0, 0.05) is 5.33 Å². The zero-order valence-electron chi connectivity index (χ0n) is 8.41. The molecule has 82 valence electrons. The molecule has 0 saturated heterocycles. The van der Waals surface area contributed by atoms with Crippen molar-refractivity contribution in [3.05, 3.63) is 29.8 Å². The highest BCUT2D eigenvalue weighted by Crippen LogP contribution is 2.17. The Morgan fingerprint density at radius 2 is 2.07 bits per heavy atom. The number of carbonyl (C=O) groups excluding carboxylic acids is 1. The molecule has 15 heavy (non-hydrogen) atoms. The third kappa shape index (κ3) is 3.91. The predicted octanol–water partition coefficient (Wildman–Crippen LogP) is 2.34. The van der Waals surface area contributed by atoms with Gasteiger partial charge in [-0.25, -0.2) is 0 Å². The van der Waals surface area contributed by atoms with Crippen molar-refractivity contribution in [1.82, 2.24) is 0 Å². The van der Waals surface area contributed by atoms with Crippen LogP contribution < -0.4 is 10.5 Å². The van der Waals surface area contributed by atoms with Crippen molar-refractivity contribution in [2.75, 3.05) is 11.9 Å². The monoisotopic (exact) mass is 271 g/mol. The highest BCUT2D eigenvalue weighted by atomic mass is 79.9. The number of amides is 1. The van der Waals surface area contributed by atoms with Crippen LogP contribution in [0.2, 0.25) is 0 Å². The SMILES string of the molecule is NC(=O)c1ccccc1OCCCCBr. The van der Waals surface area contributed by atoms with Crippen LogP contribution in [-0.2, 0) is 0 Å². The number of rotatable bonds is 6. The summed E-state index contributed by atoms with van der Waals surface area (Å²) in [6, 6.07) is 7.02. The molecule has 3 nitrogen and oxygen atoms in total. The number of hydrogen-bond acceptors (Lipinski definition) is 2. The summed E-state index contributed by atoms with van der Waals surface area (Å²) < 4.78 is 5.48. The van der Waals surface area contributed by atoms with Crippen molar-refractivity contribution >= 4 is 21.8 Å². The molecule has 1 aromatic rings. The van der Waals surface area contributed by atoms with E-state index in [9.17, 15) is 4.79 Å². The lowest BCUT2D eigenvalue weighted by Gasteiger charge is -2.08. The van der Waals surface area contributed by atoms with E-state index in [2.05, 4.69) is 15.9 Å². The molecule has 1 rings (SSSR count). The molecule has 1 aromatic carbocycles. The number of nitrogens with two attached hydrogens (primary N) is 1. The Balaban J connectivity index is 2.56. The van der Waals surface area contributed by atoms with Crippen molar-refractivity contribution in [3.63, 3.8) is 0 Å². The van der Waals surface area contributed by atoms with E-state index < -0.39 is 5.91 Å². The van der Waals surface area contributed by atoms with Crippen LogP contribution in [0.1, 0.15) is 23.2 Å². The zero-order valence-corrected chi connectivity index (χ0v) is 10.00. The van der Waals surface area contributed by atoms with E-state index in [1.807, 2.05) is 6.07 Å². The highest BCUT2D eigenvalue weighted by molar-refractivity contribution is 9.09. The molecule has 0 aliphatic heterocycles. The Bertz CT molecular complexity index is 328. The summed E-state index contributed by atoms with van der Waals surface area (Å²) in [5.41, 5.74) is 5.66. The maximum atomic E-state index is 11.0. The van der Waals surface area contributed by atoms with Gasteiger partial charge in [0.05, 0.1) is 12.2 Å². The number of ether oxygens (including phenoxy) is 1. The molecule has 2 N–H and O–H groups in total. The van der Waals surface area contributed by atoms with Crippen molar-refractivity contribution in [3.8, 4) is 5.75 Å². The molecule has 0 atom stereocenters. The van der Waals surface area contributed by atoms with Gasteiger partial charge in [0.1, 0.15) is 5.75 Å². The molecule has 0 aliphatic rings. The summed E-state index contributed by atoms with van der Waals surface area (Å²) in [6.07, 6.45) is 2.01. The Morgan fingerprint density at radius 1 is 1.33 bits per heavy atom. The Kier molecular flexibility index (Phi) is 5.18. The fourth-order valence-corrected chi connectivity index (χ4v) is 1.57. The van der Waals surface area contributed by atoms with Gasteiger partial charge in [-0.05, 0) is 25.0 Å². The highest BCUT2D eigenvalue weighted by Gasteiger charge is 2.07. The van der Waals surface area contributed by atoms with Crippen LogP contribution in [0.25, 0.3) is 0 Å². The van der Waals surface area contributed by atoms with Crippen LogP contribution >= 0.6 is 15.9 Å². The molecule has 4 heteroatoms. The Labute approximate surface area is 97.7 Å². The number of unbranched alkanes of at least 4 members (excludes halogenated alkanes) is 1. The fourth-order valence-electron chi connectivity index (χ4n) is 1.17. The third-order valence-electron chi connectivity index (χ3n) is 1.94. The molecule has 0 bridgehead atoms. The molecular formula is C11H14BrNO2. The second-order valence-corrected chi connectivity index (χ2v) is 3.90. The summed E-state index contributed by atoms with van der Waals surface area (Å²) in [6.45, 7) is 0.607. The molecule has 0 fully saturated rings. The Hall–Kier alpha value is -1.03. The molecule has 0 heterocycles. The Morgan fingerprint density at radius 3 is 2.73 bits per heavy atom. The minimum absolute atomic E-state index is 0.441. The van der Waals surface area contributed by atoms with Gasteiger partial charge in [0.25, 0.3) is 5.91 Å². The minimum Gasteiger partial charge on any atom is -0.493 e. The standard InChI is InChI=1S/C11H14BrNO2/c12-7-3-4-8-15-10-6-2-1-5-9(10)11(13)14/h1-2,5-6H,3-4,7-8H2,(H2,13,14). The van der Waals surface area contributed by atoms with E-state index >= 15 is 0 Å². The van der Waals surface area contributed by atoms with Crippen molar-refractivity contribution in [1.29, 1.82) is 0 Å². The van der Waals surface area contributed by atoms with Crippen LogP contribution in [0.3, 0.4) is 0 Å². The molecule has 0 aliphatic carbocycles. The molecule has 0 spiro atoms. The van der Waals surface area contributed by atoms with E-state index in [0.717, 1.165) is 18.2 Å². The third-order valence-corrected chi connectivity index (χ3v) is 2.50. The van der Waals surface area contributed by atoms with E-state index in [0.29, 0.717) is 17.9 Å². The number of carbonyl (C=O) groups is 1. The number of hydrogen-bond donors (Lipinski definition) is 1. The normalized spacial score (nSPS) is 9.93. The first-order valence-electron chi connectivity index (χ1n) is 4.83. The zero-order chi connectivity index (χ0) is 11.1. The summed E-state index contributed by atoms with van der Waals surface area (Å²) >= 11 is 3.34. The van der Waals surface area contributed by atoms with Gasteiger partial charge in [-0.2, -0.15) is 0 Å². The van der Waals surface area contributed by atoms with Crippen molar-refractivity contribution in [2.24, 2.45) is 5.73 Å². The van der Waals surface area contributed by atoms with Gasteiger partial charge in [-0.3, -0.25) is 4.79 Å². The largest absolute Gasteiger partial charge is 0.493 e. The summed E-state index contributed by atoms with van der Waals surface area (Å²) in [7, 11) is 0. The summed E-state index contributed by atoms with van der Waals surface area (Å²) in [4.78, 5) is 11.0. The first kappa shape index (κ1) is 12.0. The average molecular weight is 272 g/mol. The lowest BCUT2D eigenvalue weighted by molar-refractivity contribution is 0.0996. The first-order valence-corrected chi connectivity index (χ1v) is 5.95. The summed E-state index contributed by atoms with van der Waals surface area (Å²) in [5, 5.41) is 0.966. The average Bonchev–Trinajstić information content (AvgIpc) is 2.25. The maximum absolute atomic E-state index is 11.0. The van der Waals surface area contributed by atoms with Gasteiger partial charge in [0.2, 0.25) is 0 Å². The lowest BCUT2D eigenvalue weighted by atomic mass is 10.2. The number of alkyl halides is 1. The molecule has 0 aromatic heterocycles. The minimum atomic E-state index is -0.453. The predicted molar refractivity (Wildman–Crippen MR) is 63.5 cm³/mol. The van der Waals surface area contributed by atoms with Crippen molar-refractivity contribution in [2.45, 2.75) is 12.8 Å². The van der Waals surface area contributed by atoms with Crippen LogP contribution in [0.5, 0.6) is 5.75 Å². The molecule has 1 amide bonds. The lowest BCUT2D eigenvalue weighted by Crippen LogP contribution is -2.13. The van der Waals surface area contributed by atoms with Gasteiger partial charge >= 0.3 is 0 Å². The molecule has 0 radical (unpaired) electrons. The number of halogens is 1. The van der Waals surface area contributed by atoms with Crippen LogP contribution in [0.15, 0.2) is 24.3 Å². The molecule has 0 unspecified atom stereocenters. The van der Waals surface area contributed by atoms with E-state index in [1.54, 1.807) is 18.2 Å². The van der Waals surface area contributed by atoms with E-state index in [1.165, 1.54) is 0 Å². The van der Waals surface area contributed by atoms with Crippen LogP contribution in [0, 0.1) is 0 Å². The van der Waals surface area contributed by atoms with Gasteiger partial charge in [0.15, 0.2) is 0 Å². The number of primary amides is 1. The van der Waals surface area contributed by atoms with E-state index in [-0.39, 0.29) is 0 Å². The van der Waals surface area contributed by atoms with Gasteiger partial charge in [-0.1, -0.05) is 28.1 Å². The van der Waals surface area contributed by atoms with Crippen LogP contribution in [0.4, 0.5) is 0 Å². The van der Waals surface area contributed by atoms with Gasteiger partial charge in [-0.15, -0.1) is 0 Å². The molecule has 0 saturated carbocycles. The smallest absolute Gasteiger partial charge is 0.252 e. The number of para-hydroxylation sites is 1. The van der Waals surface area contributed by atoms with Crippen molar-refractivity contribution < 1.29 is 9.53 Å². The second kappa shape index (κ2) is 6.45. The summed E-state index contributed by atoms with van der Waals surface area (Å²) in [5.74, 6) is 0.116. The quantitative estimate of drug-likeness (QED) is 0.638. The topological polar surface area (TPSA) is 52.3 Å². The van der Waals surface area contributed by atoms with Crippen LogP contribution in [-0.4, -0.2) is 17.8 Å². The number of benzene rings is 1. The van der Waals surface area contributed by atoms with Gasteiger partial charge < -0.3 is 10.5 Å². The maximum Gasteiger partial charge on any atom is 0.252 e. The second-order valence-electron chi connectivity index (χ2n) is 3.10. The van der Waals surface area contributed by atoms with E-state index in [4.69, 9.17) is 10.5 Å². The fraction of sp³-hybridized carbons (Fsp3) is 0.364. The first-order chi connectivity index (χ1) is 7.25. The molecular weight excluding hydrogens is 258 g/mol.